The number of hydrogen-bond acceptors (Lipinski definition) is 3. The van der Waals surface area contributed by atoms with Crippen LogP contribution in [0.2, 0.25) is 0 Å². The fourth-order valence-corrected chi connectivity index (χ4v) is 1.94. The lowest BCUT2D eigenvalue weighted by molar-refractivity contribution is 0.225. The van der Waals surface area contributed by atoms with Gasteiger partial charge in [0.25, 0.3) is 0 Å². The predicted octanol–water partition coefficient (Wildman–Crippen LogP) is 3.52. The molecule has 112 valence electrons. The lowest BCUT2D eigenvalue weighted by Gasteiger charge is -2.16. The summed E-state index contributed by atoms with van der Waals surface area (Å²) in [6.07, 6.45) is 4.42. The van der Waals surface area contributed by atoms with Gasteiger partial charge in [0.05, 0.1) is 6.61 Å². The molecule has 0 saturated heterocycles. The van der Waals surface area contributed by atoms with E-state index in [1.807, 2.05) is 0 Å². The molecule has 0 aliphatic rings. The van der Waals surface area contributed by atoms with E-state index in [0.717, 1.165) is 25.7 Å². The van der Waals surface area contributed by atoms with E-state index in [4.69, 9.17) is 15.7 Å². The maximum absolute atomic E-state index is 13.8. The molecular formula is C15H23FN2O2. The summed E-state index contributed by atoms with van der Waals surface area (Å²) in [6.45, 7) is 4.77. The van der Waals surface area contributed by atoms with Crippen LogP contribution in [0.15, 0.2) is 23.4 Å². The smallest absolute Gasteiger partial charge is 0.170 e. The number of amidine groups is 1. The molecule has 0 aliphatic carbocycles. The molecule has 0 spiro atoms. The zero-order chi connectivity index (χ0) is 15.0. The first-order chi connectivity index (χ1) is 9.62. The van der Waals surface area contributed by atoms with Gasteiger partial charge in [-0.25, -0.2) is 4.39 Å². The molecule has 0 heterocycles. The fourth-order valence-electron chi connectivity index (χ4n) is 1.94. The maximum Gasteiger partial charge on any atom is 0.170 e. The van der Waals surface area contributed by atoms with Gasteiger partial charge in [-0.2, -0.15) is 0 Å². The molecule has 0 bridgehead atoms. The second-order valence-electron chi connectivity index (χ2n) is 4.86. The van der Waals surface area contributed by atoms with Crippen LogP contribution in [0.3, 0.4) is 0 Å². The number of halogens is 1. The van der Waals surface area contributed by atoms with Crippen molar-refractivity contribution >= 4 is 5.84 Å². The van der Waals surface area contributed by atoms with Gasteiger partial charge in [-0.05, 0) is 30.5 Å². The van der Waals surface area contributed by atoms with Gasteiger partial charge in [0.2, 0.25) is 0 Å². The first kappa shape index (κ1) is 16.3. The van der Waals surface area contributed by atoms with Crippen LogP contribution in [0.4, 0.5) is 4.39 Å². The quantitative estimate of drug-likeness (QED) is 0.332. The van der Waals surface area contributed by atoms with E-state index in [1.165, 1.54) is 12.1 Å². The summed E-state index contributed by atoms with van der Waals surface area (Å²) in [7, 11) is 0. The van der Waals surface area contributed by atoms with Crippen molar-refractivity contribution in [2.75, 3.05) is 6.61 Å². The molecule has 5 heteroatoms. The largest absolute Gasteiger partial charge is 0.490 e. The van der Waals surface area contributed by atoms with Crippen LogP contribution in [0.1, 0.15) is 45.1 Å². The third kappa shape index (κ3) is 4.72. The van der Waals surface area contributed by atoms with E-state index in [2.05, 4.69) is 19.0 Å². The molecule has 1 atom stereocenters. The van der Waals surface area contributed by atoms with Gasteiger partial charge < -0.3 is 15.7 Å². The molecule has 1 rings (SSSR count). The van der Waals surface area contributed by atoms with Gasteiger partial charge in [-0.3, -0.25) is 0 Å². The summed E-state index contributed by atoms with van der Waals surface area (Å²) in [4.78, 5) is 0. The lowest BCUT2D eigenvalue weighted by Crippen LogP contribution is -2.14. The van der Waals surface area contributed by atoms with Gasteiger partial charge >= 0.3 is 0 Å². The summed E-state index contributed by atoms with van der Waals surface area (Å²) in [5.74, 6) is 0.0248. The van der Waals surface area contributed by atoms with Crippen LogP contribution in [0.5, 0.6) is 5.75 Å². The molecule has 0 aliphatic heterocycles. The average molecular weight is 282 g/mol. The molecule has 20 heavy (non-hydrogen) atoms. The topological polar surface area (TPSA) is 67.8 Å². The highest BCUT2D eigenvalue weighted by Gasteiger charge is 2.11. The SMILES string of the molecule is CCCCC(CC)COc1ccc(/C(N)=N/O)cc1F. The van der Waals surface area contributed by atoms with Crippen molar-refractivity contribution in [3.8, 4) is 5.75 Å². The van der Waals surface area contributed by atoms with Crippen LogP contribution in [0, 0.1) is 11.7 Å². The van der Waals surface area contributed by atoms with Gasteiger partial charge in [0.1, 0.15) is 0 Å². The standard InChI is InChI=1S/C15H23FN2O2/c1-3-5-6-11(4-2)10-20-14-8-7-12(9-13(14)16)15(17)18-19/h7-9,11,19H,3-6,10H2,1-2H3,(H2,17,18). The zero-order valence-corrected chi connectivity index (χ0v) is 12.1. The Kier molecular flexibility index (Phi) is 6.84. The van der Waals surface area contributed by atoms with Crippen molar-refractivity contribution < 1.29 is 14.3 Å². The molecule has 1 aromatic carbocycles. The van der Waals surface area contributed by atoms with Crippen molar-refractivity contribution in [2.24, 2.45) is 16.8 Å². The summed E-state index contributed by atoms with van der Waals surface area (Å²) >= 11 is 0. The average Bonchev–Trinajstić information content (AvgIpc) is 2.47. The molecular weight excluding hydrogens is 259 g/mol. The summed E-state index contributed by atoms with van der Waals surface area (Å²) in [5, 5.41) is 11.4. The number of nitrogens with zero attached hydrogens (tertiary/aromatic N) is 1. The molecule has 0 radical (unpaired) electrons. The van der Waals surface area contributed by atoms with E-state index in [0.29, 0.717) is 18.1 Å². The minimum Gasteiger partial charge on any atom is -0.490 e. The Labute approximate surface area is 119 Å². The van der Waals surface area contributed by atoms with Crippen molar-refractivity contribution in [1.29, 1.82) is 0 Å². The van der Waals surface area contributed by atoms with Crippen LogP contribution >= 0.6 is 0 Å². The first-order valence-corrected chi connectivity index (χ1v) is 7.02. The Morgan fingerprint density at radius 3 is 2.75 bits per heavy atom. The zero-order valence-electron chi connectivity index (χ0n) is 12.1. The van der Waals surface area contributed by atoms with E-state index in [-0.39, 0.29) is 11.6 Å². The third-order valence-corrected chi connectivity index (χ3v) is 3.35. The summed E-state index contributed by atoms with van der Waals surface area (Å²) in [5.41, 5.74) is 5.73. The highest BCUT2D eigenvalue weighted by molar-refractivity contribution is 5.97. The molecule has 4 nitrogen and oxygen atoms in total. The molecule has 0 amide bonds. The minimum atomic E-state index is -0.501. The Hall–Kier alpha value is -1.78. The number of ether oxygens (including phenoxy) is 1. The molecule has 0 saturated carbocycles. The maximum atomic E-state index is 13.8. The second-order valence-corrected chi connectivity index (χ2v) is 4.86. The number of hydrogen-bond donors (Lipinski definition) is 2. The number of rotatable bonds is 8. The second kappa shape index (κ2) is 8.40. The summed E-state index contributed by atoms with van der Waals surface area (Å²) in [6, 6.07) is 4.28. The molecule has 0 aromatic heterocycles. The van der Waals surface area contributed by atoms with Crippen LogP contribution in [0.25, 0.3) is 0 Å². The third-order valence-electron chi connectivity index (χ3n) is 3.35. The van der Waals surface area contributed by atoms with Crippen molar-refractivity contribution in [1.82, 2.24) is 0 Å². The Bertz CT molecular complexity index is 449. The monoisotopic (exact) mass is 282 g/mol. The number of unbranched alkanes of at least 4 members (excludes halogenated alkanes) is 1. The van der Waals surface area contributed by atoms with Crippen molar-refractivity contribution in [3.05, 3.63) is 29.6 Å². The van der Waals surface area contributed by atoms with Gasteiger partial charge in [0.15, 0.2) is 17.4 Å². The Balaban J connectivity index is 2.64. The first-order valence-electron chi connectivity index (χ1n) is 7.02. The highest BCUT2D eigenvalue weighted by atomic mass is 19.1. The Morgan fingerprint density at radius 1 is 1.45 bits per heavy atom. The normalized spacial score (nSPS) is 13.2. The highest BCUT2D eigenvalue weighted by Crippen LogP contribution is 2.21. The molecule has 0 fully saturated rings. The Morgan fingerprint density at radius 2 is 2.20 bits per heavy atom. The van der Waals surface area contributed by atoms with Crippen LogP contribution in [-0.2, 0) is 0 Å². The number of oxime groups is 1. The lowest BCUT2D eigenvalue weighted by atomic mass is 10.0. The van der Waals surface area contributed by atoms with Gasteiger partial charge in [-0.15, -0.1) is 0 Å². The van der Waals surface area contributed by atoms with E-state index >= 15 is 0 Å². The van der Waals surface area contributed by atoms with Gasteiger partial charge in [0, 0.05) is 5.56 Å². The molecule has 1 aromatic rings. The predicted molar refractivity (Wildman–Crippen MR) is 77.7 cm³/mol. The van der Waals surface area contributed by atoms with E-state index in [1.54, 1.807) is 6.07 Å². The fraction of sp³-hybridized carbons (Fsp3) is 0.533. The van der Waals surface area contributed by atoms with Gasteiger partial charge in [-0.1, -0.05) is 38.3 Å². The summed E-state index contributed by atoms with van der Waals surface area (Å²) < 4.78 is 19.4. The van der Waals surface area contributed by atoms with Crippen molar-refractivity contribution in [3.63, 3.8) is 0 Å². The number of nitrogens with two attached hydrogens (primary N) is 1. The van der Waals surface area contributed by atoms with E-state index in [9.17, 15) is 4.39 Å². The number of benzene rings is 1. The van der Waals surface area contributed by atoms with Crippen LogP contribution < -0.4 is 10.5 Å². The van der Waals surface area contributed by atoms with E-state index < -0.39 is 5.82 Å². The van der Waals surface area contributed by atoms with Crippen molar-refractivity contribution in [2.45, 2.75) is 39.5 Å². The molecule has 3 N–H and O–H groups in total. The van der Waals surface area contributed by atoms with Crippen LogP contribution in [-0.4, -0.2) is 17.6 Å². The molecule has 1 unspecified atom stereocenters. The minimum absolute atomic E-state index is 0.121.